The van der Waals surface area contributed by atoms with Crippen molar-refractivity contribution in [2.75, 3.05) is 19.7 Å². The van der Waals surface area contributed by atoms with Gasteiger partial charge in [-0.1, -0.05) is 30.3 Å². The van der Waals surface area contributed by atoms with E-state index in [1.54, 1.807) is 0 Å². The highest BCUT2D eigenvalue weighted by molar-refractivity contribution is 5.75. The molecule has 1 fully saturated rings. The summed E-state index contributed by atoms with van der Waals surface area (Å²) in [4.78, 5) is 14.4. The Morgan fingerprint density at radius 1 is 1.28 bits per heavy atom. The van der Waals surface area contributed by atoms with E-state index in [2.05, 4.69) is 22.1 Å². The molecule has 0 amide bonds. The largest absolute Gasteiger partial charge is 0.458 e. The van der Waals surface area contributed by atoms with Crippen molar-refractivity contribution < 1.29 is 14.3 Å². The van der Waals surface area contributed by atoms with Crippen molar-refractivity contribution in [3.8, 4) is 11.1 Å². The molecule has 1 saturated heterocycles. The van der Waals surface area contributed by atoms with Crippen molar-refractivity contribution in [3.05, 3.63) is 42.7 Å². The number of carbonyl (C=O) groups excluding carboxylic acids is 1. The highest BCUT2D eigenvalue weighted by atomic mass is 16.6. The van der Waals surface area contributed by atoms with Crippen molar-refractivity contribution in [2.45, 2.75) is 39.1 Å². The van der Waals surface area contributed by atoms with Crippen LogP contribution in [0.3, 0.4) is 0 Å². The molecule has 1 aliphatic heterocycles. The van der Waals surface area contributed by atoms with Gasteiger partial charge in [-0.25, -0.2) is 4.79 Å². The quantitative estimate of drug-likeness (QED) is 0.799. The van der Waals surface area contributed by atoms with Gasteiger partial charge in [0, 0.05) is 24.8 Å². The second-order valence-electron chi connectivity index (χ2n) is 7.25. The monoisotopic (exact) mass is 343 g/mol. The van der Waals surface area contributed by atoms with Gasteiger partial charge in [0.2, 0.25) is 0 Å². The number of carbonyl (C=O) groups is 1. The summed E-state index contributed by atoms with van der Waals surface area (Å²) in [5.74, 6) is -0.303. The van der Waals surface area contributed by atoms with E-state index >= 15 is 0 Å². The number of nitrogens with zero attached hydrogens (tertiary/aromatic N) is 3. The minimum Gasteiger partial charge on any atom is -0.458 e. The van der Waals surface area contributed by atoms with Gasteiger partial charge in [0.05, 0.1) is 19.5 Å². The van der Waals surface area contributed by atoms with Crippen LogP contribution in [-0.2, 0) is 20.9 Å². The van der Waals surface area contributed by atoms with E-state index in [1.165, 1.54) is 0 Å². The van der Waals surface area contributed by atoms with Crippen molar-refractivity contribution in [1.29, 1.82) is 0 Å². The molecule has 0 aliphatic carbocycles. The van der Waals surface area contributed by atoms with E-state index in [0.717, 1.165) is 17.7 Å². The number of morpholine rings is 1. The van der Waals surface area contributed by atoms with Crippen LogP contribution in [0.4, 0.5) is 0 Å². The van der Waals surface area contributed by atoms with Crippen LogP contribution in [0.5, 0.6) is 0 Å². The van der Waals surface area contributed by atoms with Crippen LogP contribution in [0.15, 0.2) is 42.7 Å². The molecule has 1 unspecified atom stereocenters. The number of benzene rings is 1. The minimum absolute atomic E-state index is 0.303. The molecule has 1 aromatic heterocycles. The SMILES string of the molecule is CC(C)(C)OC(=O)C1CN(Cn2cc(-c3ccccc3)cn2)CCO1. The summed E-state index contributed by atoms with van der Waals surface area (Å²) in [7, 11) is 0. The first kappa shape index (κ1) is 17.6. The fourth-order valence-electron chi connectivity index (χ4n) is 2.77. The molecule has 0 spiro atoms. The van der Waals surface area contributed by atoms with E-state index in [4.69, 9.17) is 9.47 Å². The first-order valence-corrected chi connectivity index (χ1v) is 8.55. The molecule has 2 heterocycles. The molecule has 0 bridgehead atoms. The fraction of sp³-hybridized carbons (Fsp3) is 0.474. The van der Waals surface area contributed by atoms with Gasteiger partial charge in [-0.15, -0.1) is 0 Å². The average molecular weight is 343 g/mol. The first-order valence-electron chi connectivity index (χ1n) is 8.55. The van der Waals surface area contributed by atoms with Crippen LogP contribution < -0.4 is 0 Å². The molecule has 1 aromatic carbocycles. The molecule has 0 N–H and O–H groups in total. The number of hydrogen-bond donors (Lipinski definition) is 0. The molecule has 0 saturated carbocycles. The lowest BCUT2D eigenvalue weighted by molar-refractivity contribution is -0.174. The summed E-state index contributed by atoms with van der Waals surface area (Å²) in [6.45, 7) is 7.99. The zero-order valence-corrected chi connectivity index (χ0v) is 15.0. The summed E-state index contributed by atoms with van der Waals surface area (Å²) < 4.78 is 12.9. The molecule has 1 aliphatic rings. The first-order chi connectivity index (χ1) is 11.9. The van der Waals surface area contributed by atoms with Gasteiger partial charge in [-0.05, 0) is 26.3 Å². The number of ether oxygens (including phenoxy) is 2. The Bertz CT molecular complexity index is 706. The smallest absolute Gasteiger partial charge is 0.337 e. The van der Waals surface area contributed by atoms with Crippen LogP contribution in [-0.4, -0.2) is 52.1 Å². The average Bonchev–Trinajstić information content (AvgIpc) is 3.03. The molecular weight excluding hydrogens is 318 g/mol. The molecule has 6 nitrogen and oxygen atoms in total. The summed E-state index contributed by atoms with van der Waals surface area (Å²) in [5.41, 5.74) is 1.72. The van der Waals surface area contributed by atoms with Gasteiger partial charge < -0.3 is 9.47 Å². The van der Waals surface area contributed by atoms with Gasteiger partial charge in [-0.3, -0.25) is 9.58 Å². The van der Waals surface area contributed by atoms with E-state index in [9.17, 15) is 4.79 Å². The summed E-state index contributed by atoms with van der Waals surface area (Å²) in [5, 5.41) is 4.43. The maximum atomic E-state index is 12.2. The third-order valence-corrected chi connectivity index (χ3v) is 3.91. The predicted octanol–water partition coefficient (Wildman–Crippen LogP) is 2.55. The molecule has 1 atom stereocenters. The summed E-state index contributed by atoms with van der Waals surface area (Å²) >= 11 is 0. The van der Waals surface area contributed by atoms with Crippen molar-refractivity contribution >= 4 is 5.97 Å². The van der Waals surface area contributed by atoms with E-state index < -0.39 is 11.7 Å². The Morgan fingerprint density at radius 3 is 2.76 bits per heavy atom. The van der Waals surface area contributed by atoms with Crippen molar-refractivity contribution in [1.82, 2.24) is 14.7 Å². The summed E-state index contributed by atoms with van der Waals surface area (Å²) in [6, 6.07) is 10.2. The van der Waals surface area contributed by atoms with Gasteiger partial charge >= 0.3 is 5.97 Å². The molecule has 6 heteroatoms. The van der Waals surface area contributed by atoms with E-state index in [0.29, 0.717) is 19.8 Å². The molecule has 25 heavy (non-hydrogen) atoms. The van der Waals surface area contributed by atoms with E-state index in [-0.39, 0.29) is 5.97 Å². The van der Waals surface area contributed by atoms with E-state index in [1.807, 2.05) is 56.0 Å². The molecule has 0 radical (unpaired) electrons. The van der Waals surface area contributed by atoms with Crippen LogP contribution in [0.1, 0.15) is 20.8 Å². The standard InChI is InChI=1S/C19H25N3O3/c1-19(2,3)25-18(23)17-13-21(9-10-24-17)14-22-12-16(11-20-22)15-7-5-4-6-8-15/h4-8,11-12,17H,9-10,13-14H2,1-3H3. The van der Waals surface area contributed by atoms with Crippen molar-refractivity contribution in [3.63, 3.8) is 0 Å². The molecule has 3 rings (SSSR count). The number of esters is 1. The van der Waals surface area contributed by atoms with Crippen LogP contribution in [0.25, 0.3) is 11.1 Å². The third-order valence-electron chi connectivity index (χ3n) is 3.91. The molecular formula is C19H25N3O3. The lowest BCUT2D eigenvalue weighted by Crippen LogP contribution is -2.48. The van der Waals surface area contributed by atoms with Crippen LogP contribution in [0.2, 0.25) is 0 Å². The number of rotatable bonds is 4. The Morgan fingerprint density at radius 2 is 2.04 bits per heavy atom. The lowest BCUT2D eigenvalue weighted by Gasteiger charge is -2.33. The zero-order chi connectivity index (χ0) is 17.9. The second-order valence-corrected chi connectivity index (χ2v) is 7.25. The van der Waals surface area contributed by atoms with Gasteiger partial charge in [0.1, 0.15) is 5.60 Å². The highest BCUT2D eigenvalue weighted by Gasteiger charge is 2.30. The van der Waals surface area contributed by atoms with Crippen LogP contribution >= 0.6 is 0 Å². The third kappa shape index (κ3) is 4.90. The van der Waals surface area contributed by atoms with Gasteiger partial charge in [0.25, 0.3) is 0 Å². The second kappa shape index (κ2) is 7.37. The fourth-order valence-corrected chi connectivity index (χ4v) is 2.77. The van der Waals surface area contributed by atoms with Crippen molar-refractivity contribution in [2.24, 2.45) is 0 Å². The minimum atomic E-state index is -0.544. The normalized spacial score (nSPS) is 18.9. The number of aromatic nitrogens is 2. The maximum Gasteiger partial charge on any atom is 0.337 e. The number of hydrogen-bond acceptors (Lipinski definition) is 5. The predicted molar refractivity (Wildman–Crippen MR) is 94.8 cm³/mol. The summed E-state index contributed by atoms with van der Waals surface area (Å²) in [6.07, 6.45) is 3.34. The van der Waals surface area contributed by atoms with Gasteiger partial charge in [0.15, 0.2) is 6.10 Å². The Labute approximate surface area is 148 Å². The lowest BCUT2D eigenvalue weighted by atomic mass is 10.1. The highest BCUT2D eigenvalue weighted by Crippen LogP contribution is 2.18. The topological polar surface area (TPSA) is 56.6 Å². The molecule has 2 aromatic rings. The Hall–Kier alpha value is -2.18. The Balaban J connectivity index is 1.60. The molecule has 134 valence electrons. The Kier molecular flexibility index (Phi) is 5.20. The van der Waals surface area contributed by atoms with Crippen LogP contribution in [0, 0.1) is 0 Å². The maximum absolute atomic E-state index is 12.2. The van der Waals surface area contributed by atoms with Gasteiger partial charge in [-0.2, -0.15) is 5.10 Å². The zero-order valence-electron chi connectivity index (χ0n) is 15.0.